The Hall–Kier alpha value is -1.51. The van der Waals surface area contributed by atoms with Crippen molar-refractivity contribution in [3.8, 4) is 16.9 Å². The van der Waals surface area contributed by atoms with Crippen molar-refractivity contribution >= 4 is 11.6 Å². The summed E-state index contributed by atoms with van der Waals surface area (Å²) in [4.78, 5) is 0. The van der Waals surface area contributed by atoms with E-state index >= 15 is 0 Å². The summed E-state index contributed by atoms with van der Waals surface area (Å²) in [6.45, 7) is 4.01. The molecular formula is C16H18ClNO. The van der Waals surface area contributed by atoms with Crippen molar-refractivity contribution in [3.63, 3.8) is 0 Å². The molecule has 0 fully saturated rings. The first kappa shape index (κ1) is 13.9. The quantitative estimate of drug-likeness (QED) is 0.904. The fraction of sp³-hybridized carbons (Fsp3) is 0.250. The van der Waals surface area contributed by atoms with Crippen LogP contribution in [0.1, 0.15) is 24.1 Å². The lowest BCUT2D eigenvalue weighted by Gasteiger charge is -2.14. The second kappa shape index (κ2) is 5.64. The molecule has 0 aliphatic rings. The molecule has 3 heteroatoms. The number of benzene rings is 2. The molecule has 2 rings (SSSR count). The lowest BCUT2D eigenvalue weighted by atomic mass is 9.98. The maximum absolute atomic E-state index is 6.32. The summed E-state index contributed by atoms with van der Waals surface area (Å²) >= 11 is 6.32. The van der Waals surface area contributed by atoms with Gasteiger partial charge < -0.3 is 10.5 Å². The molecule has 0 bridgehead atoms. The Morgan fingerprint density at radius 1 is 1.11 bits per heavy atom. The first-order valence-electron chi connectivity index (χ1n) is 6.23. The van der Waals surface area contributed by atoms with E-state index in [-0.39, 0.29) is 6.04 Å². The van der Waals surface area contributed by atoms with Crippen molar-refractivity contribution < 1.29 is 4.74 Å². The highest BCUT2D eigenvalue weighted by Crippen LogP contribution is 2.36. The highest BCUT2D eigenvalue weighted by molar-refractivity contribution is 6.33. The van der Waals surface area contributed by atoms with Crippen molar-refractivity contribution in [2.75, 3.05) is 7.11 Å². The number of hydrogen-bond donors (Lipinski definition) is 1. The van der Waals surface area contributed by atoms with Gasteiger partial charge in [-0.15, -0.1) is 0 Å². The summed E-state index contributed by atoms with van der Waals surface area (Å²) in [6, 6.07) is 11.9. The fourth-order valence-electron chi connectivity index (χ4n) is 2.06. The summed E-state index contributed by atoms with van der Waals surface area (Å²) < 4.78 is 5.42. The lowest BCUT2D eigenvalue weighted by molar-refractivity contribution is 0.416. The number of hydrogen-bond acceptors (Lipinski definition) is 2. The van der Waals surface area contributed by atoms with Crippen LogP contribution in [0.15, 0.2) is 36.4 Å². The van der Waals surface area contributed by atoms with Crippen molar-refractivity contribution in [3.05, 3.63) is 52.5 Å². The van der Waals surface area contributed by atoms with E-state index in [1.165, 1.54) is 0 Å². The highest BCUT2D eigenvalue weighted by atomic mass is 35.5. The molecule has 0 aliphatic heterocycles. The molecule has 2 nitrogen and oxygen atoms in total. The third-order valence-electron chi connectivity index (χ3n) is 3.16. The molecule has 0 aliphatic carbocycles. The second-order valence-electron chi connectivity index (χ2n) is 4.73. The van der Waals surface area contributed by atoms with Gasteiger partial charge >= 0.3 is 0 Å². The first-order chi connectivity index (χ1) is 9.02. The van der Waals surface area contributed by atoms with Crippen LogP contribution in [0.4, 0.5) is 0 Å². The molecule has 2 N–H and O–H groups in total. The zero-order valence-electron chi connectivity index (χ0n) is 11.4. The van der Waals surface area contributed by atoms with Crippen LogP contribution in [0.3, 0.4) is 0 Å². The van der Waals surface area contributed by atoms with Gasteiger partial charge in [-0.1, -0.05) is 29.3 Å². The smallest absolute Gasteiger partial charge is 0.126 e. The SMILES string of the molecule is COc1ccc(C)cc1-c1cc(C(C)N)ccc1Cl. The predicted molar refractivity (Wildman–Crippen MR) is 80.8 cm³/mol. The second-order valence-corrected chi connectivity index (χ2v) is 5.14. The van der Waals surface area contributed by atoms with Crippen LogP contribution in [0.5, 0.6) is 5.75 Å². The van der Waals surface area contributed by atoms with Gasteiger partial charge in [0.15, 0.2) is 0 Å². The van der Waals surface area contributed by atoms with Gasteiger partial charge in [-0.2, -0.15) is 0 Å². The molecule has 0 saturated carbocycles. The molecule has 0 saturated heterocycles. The van der Waals surface area contributed by atoms with Gasteiger partial charge in [0.2, 0.25) is 0 Å². The molecule has 0 amide bonds. The molecular weight excluding hydrogens is 258 g/mol. The molecule has 1 atom stereocenters. The van der Waals surface area contributed by atoms with E-state index in [2.05, 4.69) is 6.07 Å². The summed E-state index contributed by atoms with van der Waals surface area (Å²) in [5.41, 5.74) is 10.1. The van der Waals surface area contributed by atoms with Gasteiger partial charge in [-0.25, -0.2) is 0 Å². The molecule has 0 spiro atoms. The first-order valence-corrected chi connectivity index (χ1v) is 6.60. The zero-order chi connectivity index (χ0) is 14.0. The Kier molecular flexibility index (Phi) is 4.13. The van der Waals surface area contributed by atoms with Crippen LogP contribution in [-0.4, -0.2) is 7.11 Å². The molecule has 0 heterocycles. The minimum Gasteiger partial charge on any atom is -0.496 e. The Balaban J connectivity index is 2.63. The van der Waals surface area contributed by atoms with E-state index in [9.17, 15) is 0 Å². The Bertz CT molecular complexity index is 593. The fourth-order valence-corrected chi connectivity index (χ4v) is 2.28. The average molecular weight is 276 g/mol. The van der Waals surface area contributed by atoms with E-state index < -0.39 is 0 Å². The summed E-state index contributed by atoms with van der Waals surface area (Å²) in [6.07, 6.45) is 0. The molecule has 0 aromatic heterocycles. The largest absolute Gasteiger partial charge is 0.496 e. The molecule has 2 aromatic rings. The Morgan fingerprint density at radius 3 is 2.47 bits per heavy atom. The van der Waals surface area contributed by atoms with Gasteiger partial charge in [0.25, 0.3) is 0 Å². The maximum atomic E-state index is 6.32. The normalized spacial score (nSPS) is 12.3. The van der Waals surface area contributed by atoms with Crippen LogP contribution >= 0.6 is 11.6 Å². The van der Waals surface area contributed by atoms with Crippen molar-refractivity contribution in [2.24, 2.45) is 5.73 Å². The van der Waals surface area contributed by atoms with E-state index in [0.717, 1.165) is 28.0 Å². The van der Waals surface area contributed by atoms with Crippen molar-refractivity contribution in [1.82, 2.24) is 0 Å². The number of rotatable bonds is 3. The topological polar surface area (TPSA) is 35.2 Å². The Labute approximate surface area is 119 Å². The summed E-state index contributed by atoms with van der Waals surface area (Å²) in [5.74, 6) is 0.814. The minimum absolute atomic E-state index is 0.0215. The molecule has 2 aromatic carbocycles. The number of ether oxygens (including phenoxy) is 1. The van der Waals surface area contributed by atoms with Crippen LogP contribution in [0.2, 0.25) is 5.02 Å². The van der Waals surface area contributed by atoms with Crippen LogP contribution in [0.25, 0.3) is 11.1 Å². The standard InChI is InChI=1S/C16H18ClNO/c1-10-4-7-16(19-3)14(8-10)13-9-12(11(2)18)5-6-15(13)17/h4-9,11H,18H2,1-3H3. The van der Waals surface area contributed by atoms with Gasteiger partial charge in [0, 0.05) is 22.2 Å². The molecule has 0 radical (unpaired) electrons. The van der Waals surface area contributed by atoms with Crippen LogP contribution < -0.4 is 10.5 Å². The van der Waals surface area contributed by atoms with E-state index in [1.54, 1.807) is 7.11 Å². The third kappa shape index (κ3) is 2.91. The highest BCUT2D eigenvalue weighted by Gasteiger charge is 2.12. The number of aryl methyl sites for hydroxylation is 1. The third-order valence-corrected chi connectivity index (χ3v) is 3.49. The van der Waals surface area contributed by atoms with Gasteiger partial charge in [0.1, 0.15) is 5.75 Å². The minimum atomic E-state index is -0.0215. The maximum Gasteiger partial charge on any atom is 0.126 e. The van der Waals surface area contributed by atoms with Gasteiger partial charge in [0.05, 0.1) is 7.11 Å². The monoisotopic (exact) mass is 275 g/mol. The van der Waals surface area contributed by atoms with Crippen LogP contribution in [-0.2, 0) is 0 Å². The number of nitrogens with two attached hydrogens (primary N) is 1. The summed E-state index contributed by atoms with van der Waals surface area (Å²) in [7, 11) is 1.66. The molecule has 19 heavy (non-hydrogen) atoms. The summed E-state index contributed by atoms with van der Waals surface area (Å²) in [5, 5.41) is 0.702. The molecule has 1 unspecified atom stereocenters. The number of methoxy groups -OCH3 is 1. The van der Waals surface area contributed by atoms with E-state index in [1.807, 2.05) is 44.2 Å². The van der Waals surface area contributed by atoms with Gasteiger partial charge in [-0.3, -0.25) is 0 Å². The van der Waals surface area contributed by atoms with E-state index in [4.69, 9.17) is 22.1 Å². The van der Waals surface area contributed by atoms with Crippen LogP contribution in [0, 0.1) is 6.92 Å². The molecule has 100 valence electrons. The number of halogens is 1. The zero-order valence-corrected chi connectivity index (χ0v) is 12.2. The van der Waals surface area contributed by atoms with Crippen molar-refractivity contribution in [1.29, 1.82) is 0 Å². The van der Waals surface area contributed by atoms with Gasteiger partial charge in [-0.05, 0) is 43.7 Å². The lowest BCUT2D eigenvalue weighted by Crippen LogP contribution is -2.05. The average Bonchev–Trinajstić information content (AvgIpc) is 2.39. The Morgan fingerprint density at radius 2 is 1.84 bits per heavy atom. The van der Waals surface area contributed by atoms with Crippen molar-refractivity contribution in [2.45, 2.75) is 19.9 Å². The predicted octanol–water partition coefficient (Wildman–Crippen LogP) is 4.34. The van der Waals surface area contributed by atoms with E-state index in [0.29, 0.717) is 5.02 Å².